The Morgan fingerprint density at radius 3 is 2.68 bits per heavy atom. The molecule has 1 aliphatic heterocycles. The highest BCUT2D eigenvalue weighted by atomic mass is 16.6. The molecular weight excluding hydrogens is 326 g/mol. The molecule has 0 radical (unpaired) electrons. The van der Waals surface area contributed by atoms with Gasteiger partial charge in [0.05, 0.1) is 4.92 Å². The Morgan fingerprint density at radius 1 is 1.36 bits per heavy atom. The van der Waals surface area contributed by atoms with Gasteiger partial charge in [0.25, 0.3) is 5.69 Å². The molecule has 8 heteroatoms. The fourth-order valence-electron chi connectivity index (χ4n) is 2.72. The molecule has 0 aliphatic carbocycles. The molecule has 1 aromatic rings. The van der Waals surface area contributed by atoms with Crippen LogP contribution in [0.3, 0.4) is 0 Å². The SMILES string of the molecule is CC(C)(C)OC(=O)N1CCC[C@H]1C(=O)NCc1ccccc1[N+](=O)[O-]. The van der Waals surface area contributed by atoms with Gasteiger partial charge in [-0.05, 0) is 33.6 Å². The highest BCUT2D eigenvalue weighted by molar-refractivity contribution is 5.86. The fraction of sp³-hybridized carbons (Fsp3) is 0.529. The number of nitro benzene ring substituents is 1. The summed E-state index contributed by atoms with van der Waals surface area (Å²) in [6.45, 7) is 5.80. The van der Waals surface area contributed by atoms with Crippen LogP contribution in [0.15, 0.2) is 24.3 Å². The predicted molar refractivity (Wildman–Crippen MR) is 90.9 cm³/mol. The number of para-hydroxylation sites is 1. The Hall–Kier alpha value is -2.64. The number of nitrogens with one attached hydrogen (secondary N) is 1. The van der Waals surface area contributed by atoms with Crippen molar-refractivity contribution in [3.8, 4) is 0 Å². The molecular formula is C17H23N3O5. The molecule has 0 aromatic heterocycles. The molecule has 1 N–H and O–H groups in total. The van der Waals surface area contributed by atoms with Gasteiger partial charge in [-0.2, -0.15) is 0 Å². The van der Waals surface area contributed by atoms with Crippen LogP contribution in [-0.2, 0) is 16.1 Å². The van der Waals surface area contributed by atoms with Crippen molar-refractivity contribution in [3.63, 3.8) is 0 Å². The zero-order chi connectivity index (χ0) is 18.6. The molecule has 0 saturated carbocycles. The van der Waals surface area contributed by atoms with Gasteiger partial charge in [-0.25, -0.2) is 4.79 Å². The van der Waals surface area contributed by atoms with E-state index in [1.165, 1.54) is 11.0 Å². The minimum Gasteiger partial charge on any atom is -0.444 e. The summed E-state index contributed by atoms with van der Waals surface area (Å²) in [5, 5.41) is 13.7. The van der Waals surface area contributed by atoms with Crippen molar-refractivity contribution >= 4 is 17.7 Å². The molecule has 25 heavy (non-hydrogen) atoms. The molecule has 8 nitrogen and oxygen atoms in total. The first kappa shape index (κ1) is 18.7. The lowest BCUT2D eigenvalue weighted by Crippen LogP contribution is -2.47. The third kappa shape index (κ3) is 4.91. The number of nitro groups is 1. The molecule has 1 atom stereocenters. The van der Waals surface area contributed by atoms with E-state index in [0.29, 0.717) is 24.9 Å². The van der Waals surface area contributed by atoms with Gasteiger partial charge < -0.3 is 10.1 Å². The molecule has 0 unspecified atom stereocenters. The van der Waals surface area contributed by atoms with Gasteiger partial charge in [-0.1, -0.05) is 18.2 Å². The molecule has 1 fully saturated rings. The topological polar surface area (TPSA) is 102 Å². The first-order valence-corrected chi connectivity index (χ1v) is 8.18. The highest BCUT2D eigenvalue weighted by Gasteiger charge is 2.36. The fourth-order valence-corrected chi connectivity index (χ4v) is 2.72. The van der Waals surface area contributed by atoms with Crippen molar-refractivity contribution in [2.24, 2.45) is 0 Å². The van der Waals surface area contributed by atoms with Gasteiger partial charge in [-0.3, -0.25) is 19.8 Å². The standard InChI is InChI=1S/C17H23N3O5/c1-17(2,3)25-16(22)19-10-6-9-14(19)15(21)18-11-12-7-4-5-8-13(12)20(23)24/h4-5,7-8,14H,6,9-11H2,1-3H3,(H,18,21)/t14-/m0/s1. The monoisotopic (exact) mass is 349 g/mol. The number of hydrogen-bond donors (Lipinski definition) is 1. The minimum atomic E-state index is -0.634. The average Bonchev–Trinajstić information content (AvgIpc) is 3.01. The van der Waals surface area contributed by atoms with E-state index in [-0.39, 0.29) is 18.1 Å². The van der Waals surface area contributed by atoms with Crippen LogP contribution in [0.5, 0.6) is 0 Å². The van der Waals surface area contributed by atoms with Gasteiger partial charge in [0.2, 0.25) is 5.91 Å². The summed E-state index contributed by atoms with van der Waals surface area (Å²) in [5.41, 5.74) is -0.258. The molecule has 136 valence electrons. The normalized spacial score (nSPS) is 17.2. The summed E-state index contributed by atoms with van der Waals surface area (Å²) < 4.78 is 5.33. The van der Waals surface area contributed by atoms with Crippen LogP contribution in [0.25, 0.3) is 0 Å². The maximum absolute atomic E-state index is 12.4. The number of benzene rings is 1. The average molecular weight is 349 g/mol. The van der Waals surface area contributed by atoms with Crippen molar-refractivity contribution in [3.05, 3.63) is 39.9 Å². The molecule has 2 rings (SSSR count). The number of ether oxygens (including phenoxy) is 1. The van der Waals surface area contributed by atoms with Crippen molar-refractivity contribution in [1.29, 1.82) is 0 Å². The van der Waals surface area contributed by atoms with E-state index in [1.807, 2.05) is 0 Å². The van der Waals surface area contributed by atoms with Crippen LogP contribution in [0.1, 0.15) is 39.2 Å². The molecule has 1 aliphatic rings. The number of hydrogen-bond acceptors (Lipinski definition) is 5. The largest absolute Gasteiger partial charge is 0.444 e. The van der Waals surface area contributed by atoms with Crippen LogP contribution >= 0.6 is 0 Å². The zero-order valence-electron chi connectivity index (χ0n) is 14.7. The smallest absolute Gasteiger partial charge is 0.410 e. The maximum atomic E-state index is 12.4. The van der Waals surface area contributed by atoms with Crippen LogP contribution in [0.4, 0.5) is 10.5 Å². The van der Waals surface area contributed by atoms with E-state index in [2.05, 4.69) is 5.32 Å². The Morgan fingerprint density at radius 2 is 2.04 bits per heavy atom. The van der Waals surface area contributed by atoms with Crippen LogP contribution in [-0.4, -0.2) is 40.0 Å². The summed E-state index contributed by atoms with van der Waals surface area (Å²) >= 11 is 0. The van der Waals surface area contributed by atoms with Gasteiger partial charge in [-0.15, -0.1) is 0 Å². The summed E-state index contributed by atoms with van der Waals surface area (Å²) in [6.07, 6.45) is 0.737. The lowest BCUT2D eigenvalue weighted by atomic mass is 10.1. The Labute approximate surface area is 146 Å². The number of carbonyl (C=O) groups excluding carboxylic acids is 2. The van der Waals surface area contributed by atoms with Crippen LogP contribution in [0.2, 0.25) is 0 Å². The van der Waals surface area contributed by atoms with Crippen molar-refractivity contribution in [2.45, 2.75) is 51.8 Å². The van der Waals surface area contributed by atoms with Crippen LogP contribution < -0.4 is 5.32 Å². The third-order valence-electron chi connectivity index (χ3n) is 3.82. The number of carbonyl (C=O) groups is 2. The second-order valence-electron chi connectivity index (χ2n) is 6.94. The van der Waals surface area contributed by atoms with E-state index >= 15 is 0 Å². The molecule has 0 spiro atoms. The Bertz CT molecular complexity index is 668. The lowest BCUT2D eigenvalue weighted by Gasteiger charge is -2.28. The first-order valence-electron chi connectivity index (χ1n) is 8.18. The minimum absolute atomic E-state index is 0.0364. The van der Waals surface area contributed by atoms with E-state index in [4.69, 9.17) is 4.74 Å². The third-order valence-corrected chi connectivity index (χ3v) is 3.82. The number of amides is 2. The van der Waals surface area contributed by atoms with E-state index in [0.717, 1.165) is 0 Å². The Balaban J connectivity index is 2.01. The maximum Gasteiger partial charge on any atom is 0.410 e. The second kappa shape index (κ2) is 7.50. The van der Waals surface area contributed by atoms with Crippen LogP contribution in [0, 0.1) is 10.1 Å². The van der Waals surface area contributed by atoms with Gasteiger partial charge in [0.15, 0.2) is 0 Å². The summed E-state index contributed by atoms with van der Waals surface area (Å²) in [5.74, 6) is -0.332. The molecule has 1 aromatic carbocycles. The molecule has 1 heterocycles. The Kier molecular flexibility index (Phi) is 5.61. The number of rotatable bonds is 4. The van der Waals surface area contributed by atoms with Crippen molar-refractivity contribution in [1.82, 2.24) is 10.2 Å². The summed E-state index contributed by atoms with van der Waals surface area (Å²) in [4.78, 5) is 36.6. The molecule has 0 bridgehead atoms. The van der Waals surface area contributed by atoms with E-state index < -0.39 is 22.7 Å². The number of nitrogens with zero attached hydrogens (tertiary/aromatic N) is 2. The summed E-state index contributed by atoms with van der Waals surface area (Å²) in [6, 6.07) is 5.63. The van der Waals surface area contributed by atoms with Gasteiger partial charge in [0, 0.05) is 24.7 Å². The zero-order valence-corrected chi connectivity index (χ0v) is 14.7. The quantitative estimate of drug-likeness (QED) is 0.665. The predicted octanol–water partition coefficient (Wildman–Crippen LogP) is 2.61. The number of likely N-dealkylation sites (tertiary alicyclic amines) is 1. The van der Waals surface area contributed by atoms with Crippen molar-refractivity contribution < 1.29 is 19.2 Å². The summed E-state index contributed by atoms with van der Waals surface area (Å²) in [7, 11) is 0. The second-order valence-corrected chi connectivity index (χ2v) is 6.94. The van der Waals surface area contributed by atoms with Gasteiger partial charge >= 0.3 is 6.09 Å². The lowest BCUT2D eigenvalue weighted by molar-refractivity contribution is -0.385. The first-order chi connectivity index (χ1) is 11.7. The highest BCUT2D eigenvalue weighted by Crippen LogP contribution is 2.22. The van der Waals surface area contributed by atoms with Crippen molar-refractivity contribution in [2.75, 3.05) is 6.54 Å². The molecule has 2 amide bonds. The van der Waals surface area contributed by atoms with E-state index in [9.17, 15) is 19.7 Å². The van der Waals surface area contributed by atoms with E-state index in [1.54, 1.807) is 39.0 Å². The van der Waals surface area contributed by atoms with Gasteiger partial charge in [0.1, 0.15) is 11.6 Å². The molecule has 1 saturated heterocycles.